The Morgan fingerprint density at radius 1 is 0.611 bits per heavy atom. The van der Waals surface area contributed by atoms with Gasteiger partial charge in [0.15, 0.2) is 0 Å². The lowest BCUT2D eigenvalue weighted by molar-refractivity contribution is 0.583. The average molecular weight is 249 g/mol. The van der Waals surface area contributed by atoms with E-state index in [1.807, 2.05) is 0 Å². The molecule has 0 fully saturated rings. The summed E-state index contributed by atoms with van der Waals surface area (Å²) >= 11 is 0. The number of rotatable bonds is 13. The van der Waals surface area contributed by atoms with E-state index in [-0.39, 0.29) is 0 Å². The number of allylic oxidation sites excluding steroid dienone is 4. The molecule has 0 unspecified atom stereocenters. The highest BCUT2D eigenvalue weighted by molar-refractivity contribution is 4.83. The molecule has 0 aromatic carbocycles. The molecule has 0 saturated carbocycles. The maximum Gasteiger partial charge on any atom is -0.0348 e. The van der Waals surface area contributed by atoms with Crippen LogP contribution in [0.15, 0.2) is 24.3 Å². The Kier molecular flexibility index (Phi) is 16.0. The third kappa shape index (κ3) is 15.5. The van der Waals surface area contributed by atoms with E-state index >= 15 is 0 Å². The van der Waals surface area contributed by atoms with Crippen molar-refractivity contribution in [3.63, 3.8) is 0 Å². The Labute approximate surface area is 116 Å². The van der Waals surface area contributed by atoms with Gasteiger partial charge in [-0.1, -0.05) is 76.2 Å². The van der Waals surface area contributed by atoms with Gasteiger partial charge in [0.05, 0.1) is 0 Å². The standard InChI is InChI=1S/C18H33/c1-3-5-7-9-11-13-15-17-18-16-14-12-10-8-6-4-2/h4,6,14,16H,1,3,5,7-13,15,17-18H2,2H3. The van der Waals surface area contributed by atoms with Crippen LogP contribution < -0.4 is 0 Å². The molecule has 0 nitrogen and oxygen atoms in total. The molecule has 0 aliphatic rings. The van der Waals surface area contributed by atoms with Crippen LogP contribution in [-0.4, -0.2) is 0 Å². The van der Waals surface area contributed by atoms with Gasteiger partial charge in [0.25, 0.3) is 0 Å². The molecule has 105 valence electrons. The topological polar surface area (TPSA) is 0 Å². The first-order valence-corrected chi connectivity index (χ1v) is 7.97. The molecular weight excluding hydrogens is 216 g/mol. The summed E-state index contributed by atoms with van der Waals surface area (Å²) in [5, 5.41) is 0. The van der Waals surface area contributed by atoms with Gasteiger partial charge >= 0.3 is 0 Å². The summed E-state index contributed by atoms with van der Waals surface area (Å²) in [7, 11) is 0. The summed E-state index contributed by atoms with van der Waals surface area (Å²) in [4.78, 5) is 0. The van der Waals surface area contributed by atoms with Crippen molar-refractivity contribution in [2.75, 3.05) is 0 Å². The van der Waals surface area contributed by atoms with Gasteiger partial charge in [-0.05, 0) is 39.0 Å². The summed E-state index contributed by atoms with van der Waals surface area (Å²) in [6, 6.07) is 0. The molecule has 0 amide bonds. The lowest BCUT2D eigenvalue weighted by Crippen LogP contribution is -1.80. The van der Waals surface area contributed by atoms with E-state index < -0.39 is 0 Å². The Balaban J connectivity index is 3.03. The molecule has 0 spiro atoms. The molecular formula is C18H33. The van der Waals surface area contributed by atoms with Crippen molar-refractivity contribution in [2.45, 2.75) is 84.0 Å². The van der Waals surface area contributed by atoms with Crippen molar-refractivity contribution in [3.05, 3.63) is 31.2 Å². The molecule has 0 bridgehead atoms. The van der Waals surface area contributed by atoms with Crippen LogP contribution >= 0.6 is 0 Å². The molecule has 0 atom stereocenters. The molecule has 0 rings (SSSR count). The van der Waals surface area contributed by atoms with E-state index in [9.17, 15) is 0 Å². The van der Waals surface area contributed by atoms with Crippen molar-refractivity contribution >= 4 is 0 Å². The fraction of sp³-hybridized carbons (Fsp3) is 0.722. The van der Waals surface area contributed by atoms with Crippen LogP contribution in [0.3, 0.4) is 0 Å². The van der Waals surface area contributed by atoms with Crippen LogP contribution in [-0.2, 0) is 0 Å². The second-order valence-electron chi connectivity index (χ2n) is 5.09. The maximum atomic E-state index is 3.87. The highest BCUT2D eigenvalue weighted by atomic mass is 14.0. The Morgan fingerprint density at radius 2 is 1.11 bits per heavy atom. The molecule has 0 N–H and O–H groups in total. The largest absolute Gasteiger partial charge is 0.0917 e. The second-order valence-corrected chi connectivity index (χ2v) is 5.09. The summed E-state index contributed by atoms with van der Waals surface area (Å²) in [5.74, 6) is 0. The number of hydrogen-bond acceptors (Lipinski definition) is 0. The Hall–Kier alpha value is -0.520. The molecule has 0 aliphatic heterocycles. The van der Waals surface area contributed by atoms with Gasteiger partial charge < -0.3 is 0 Å². The predicted octanol–water partition coefficient (Wildman–Crippen LogP) is 6.63. The fourth-order valence-electron chi connectivity index (χ4n) is 2.08. The third-order valence-corrected chi connectivity index (χ3v) is 3.26. The van der Waals surface area contributed by atoms with Gasteiger partial charge in [0, 0.05) is 0 Å². The van der Waals surface area contributed by atoms with Gasteiger partial charge in [0.1, 0.15) is 0 Å². The lowest BCUT2D eigenvalue weighted by Gasteiger charge is -1.99. The molecule has 0 aromatic rings. The molecule has 0 aromatic heterocycles. The van der Waals surface area contributed by atoms with E-state index in [4.69, 9.17) is 0 Å². The van der Waals surface area contributed by atoms with Crippen molar-refractivity contribution in [1.29, 1.82) is 0 Å². The average Bonchev–Trinajstić information content (AvgIpc) is 2.39. The first kappa shape index (κ1) is 17.5. The maximum absolute atomic E-state index is 3.87. The van der Waals surface area contributed by atoms with E-state index in [1.54, 1.807) is 0 Å². The van der Waals surface area contributed by atoms with Gasteiger partial charge in [0.2, 0.25) is 0 Å². The highest BCUT2D eigenvalue weighted by Crippen LogP contribution is 2.10. The van der Waals surface area contributed by atoms with Crippen LogP contribution in [0, 0.1) is 6.92 Å². The van der Waals surface area contributed by atoms with E-state index in [1.165, 1.54) is 70.6 Å². The van der Waals surface area contributed by atoms with Crippen molar-refractivity contribution in [3.8, 4) is 0 Å². The minimum atomic E-state index is 1.11. The van der Waals surface area contributed by atoms with Crippen LogP contribution in [0.5, 0.6) is 0 Å². The minimum Gasteiger partial charge on any atom is -0.0917 e. The summed E-state index contributed by atoms with van der Waals surface area (Å²) in [6.07, 6.45) is 25.0. The van der Waals surface area contributed by atoms with Crippen molar-refractivity contribution in [1.82, 2.24) is 0 Å². The second kappa shape index (κ2) is 16.5. The van der Waals surface area contributed by atoms with Crippen molar-refractivity contribution < 1.29 is 0 Å². The van der Waals surface area contributed by atoms with Crippen LogP contribution in [0.25, 0.3) is 0 Å². The normalized spacial score (nSPS) is 11.9. The quantitative estimate of drug-likeness (QED) is 0.254. The Bertz CT molecular complexity index is 188. The van der Waals surface area contributed by atoms with Crippen LogP contribution in [0.1, 0.15) is 84.0 Å². The van der Waals surface area contributed by atoms with E-state index in [0.717, 1.165) is 6.42 Å². The monoisotopic (exact) mass is 249 g/mol. The zero-order chi connectivity index (χ0) is 13.3. The molecule has 1 radical (unpaired) electrons. The Morgan fingerprint density at radius 3 is 1.72 bits per heavy atom. The van der Waals surface area contributed by atoms with Gasteiger partial charge in [-0.15, -0.1) is 0 Å². The fourth-order valence-corrected chi connectivity index (χ4v) is 2.08. The molecule has 0 heteroatoms. The molecule has 0 heterocycles. The summed E-state index contributed by atoms with van der Waals surface area (Å²) < 4.78 is 0. The zero-order valence-electron chi connectivity index (χ0n) is 12.5. The van der Waals surface area contributed by atoms with Gasteiger partial charge in [-0.2, -0.15) is 0 Å². The summed E-state index contributed by atoms with van der Waals surface area (Å²) in [6.45, 7) is 5.97. The van der Waals surface area contributed by atoms with Crippen LogP contribution in [0.2, 0.25) is 0 Å². The van der Waals surface area contributed by atoms with Gasteiger partial charge in [-0.3, -0.25) is 0 Å². The minimum absolute atomic E-state index is 1.11. The first-order valence-electron chi connectivity index (χ1n) is 7.97. The summed E-state index contributed by atoms with van der Waals surface area (Å²) in [5.41, 5.74) is 0. The molecule has 18 heavy (non-hydrogen) atoms. The lowest BCUT2D eigenvalue weighted by atomic mass is 10.1. The number of hydrogen-bond donors (Lipinski definition) is 0. The van der Waals surface area contributed by atoms with Crippen LogP contribution in [0.4, 0.5) is 0 Å². The number of unbranched alkanes of at least 4 members (excludes halogenated alkanes) is 10. The predicted molar refractivity (Wildman–Crippen MR) is 84.7 cm³/mol. The highest BCUT2D eigenvalue weighted by Gasteiger charge is 1.90. The van der Waals surface area contributed by atoms with E-state index in [0.29, 0.717) is 0 Å². The zero-order valence-corrected chi connectivity index (χ0v) is 12.5. The smallest absolute Gasteiger partial charge is 0.0348 e. The molecule has 0 saturated heterocycles. The molecule has 0 aliphatic carbocycles. The third-order valence-electron chi connectivity index (χ3n) is 3.26. The first-order chi connectivity index (χ1) is 8.91. The van der Waals surface area contributed by atoms with Gasteiger partial charge in [-0.25, -0.2) is 0 Å². The van der Waals surface area contributed by atoms with E-state index in [2.05, 4.69) is 38.2 Å². The van der Waals surface area contributed by atoms with Crippen molar-refractivity contribution in [2.24, 2.45) is 0 Å². The SMILES string of the molecule is [CH2]CCCCCCCCCC=CCCCC=CC.